The van der Waals surface area contributed by atoms with Crippen LogP contribution in [0.2, 0.25) is 0 Å². The van der Waals surface area contributed by atoms with Crippen molar-refractivity contribution in [1.82, 2.24) is 9.21 Å². The third kappa shape index (κ3) is 3.43. The van der Waals surface area contributed by atoms with E-state index in [4.69, 9.17) is 0 Å². The number of fused-ring (bicyclic) bond motifs is 1. The molecular formula is C18H20N2O3S3. The quantitative estimate of drug-likeness (QED) is 0.784. The van der Waals surface area contributed by atoms with Crippen LogP contribution < -0.4 is 0 Å². The lowest BCUT2D eigenvalue weighted by atomic mass is 10.1. The third-order valence-electron chi connectivity index (χ3n) is 4.79. The molecule has 2 aromatic rings. The van der Waals surface area contributed by atoms with Crippen molar-refractivity contribution in [1.29, 1.82) is 0 Å². The van der Waals surface area contributed by atoms with Gasteiger partial charge in [-0.25, -0.2) is 8.42 Å². The number of sulfonamides is 1. The summed E-state index contributed by atoms with van der Waals surface area (Å²) in [4.78, 5) is 16.0. The van der Waals surface area contributed by atoms with Crippen molar-refractivity contribution in [3.63, 3.8) is 0 Å². The molecule has 0 spiro atoms. The van der Waals surface area contributed by atoms with Gasteiger partial charge in [0, 0.05) is 48.1 Å². The van der Waals surface area contributed by atoms with Gasteiger partial charge in [0.1, 0.15) is 0 Å². The molecule has 0 N–H and O–H groups in total. The fraction of sp³-hybridized carbons (Fsp3) is 0.389. The van der Waals surface area contributed by atoms with Gasteiger partial charge in [-0.3, -0.25) is 4.79 Å². The van der Waals surface area contributed by atoms with Gasteiger partial charge in [0.2, 0.25) is 10.0 Å². The maximum Gasteiger partial charge on any atom is 0.253 e. The van der Waals surface area contributed by atoms with Gasteiger partial charge in [-0.15, -0.1) is 11.3 Å². The second-order valence-corrected chi connectivity index (χ2v) is 10.6. The van der Waals surface area contributed by atoms with Crippen LogP contribution in [0.25, 0.3) is 0 Å². The Morgan fingerprint density at radius 3 is 2.69 bits per heavy atom. The highest BCUT2D eigenvalue weighted by Crippen LogP contribution is 2.28. The van der Waals surface area contributed by atoms with Crippen molar-refractivity contribution in [2.45, 2.75) is 17.9 Å². The van der Waals surface area contributed by atoms with Crippen LogP contribution in [-0.4, -0.2) is 54.7 Å². The summed E-state index contributed by atoms with van der Waals surface area (Å²) < 4.78 is 27.7. The molecule has 26 heavy (non-hydrogen) atoms. The lowest BCUT2D eigenvalue weighted by Gasteiger charge is -2.27. The number of benzene rings is 1. The number of thioether (sulfide) groups is 1. The first-order chi connectivity index (χ1) is 12.6. The SMILES string of the molecule is O=C(c1cccc(S(=O)(=O)N2CCc3sccc3C2)c1)N1CCSCC1. The lowest BCUT2D eigenvalue weighted by molar-refractivity contribution is 0.0772. The van der Waals surface area contributed by atoms with Gasteiger partial charge in [-0.2, -0.15) is 16.1 Å². The van der Waals surface area contributed by atoms with Crippen LogP contribution in [0.4, 0.5) is 0 Å². The molecule has 4 rings (SSSR count). The number of thiophene rings is 1. The Bertz CT molecular complexity index is 917. The van der Waals surface area contributed by atoms with Gasteiger partial charge in [0.05, 0.1) is 4.90 Å². The molecule has 1 fully saturated rings. The van der Waals surface area contributed by atoms with Gasteiger partial charge in [0.25, 0.3) is 5.91 Å². The summed E-state index contributed by atoms with van der Waals surface area (Å²) >= 11 is 3.52. The van der Waals surface area contributed by atoms with Crippen molar-refractivity contribution in [3.8, 4) is 0 Å². The minimum absolute atomic E-state index is 0.0823. The smallest absolute Gasteiger partial charge is 0.253 e. The van der Waals surface area contributed by atoms with E-state index in [0.29, 0.717) is 31.7 Å². The van der Waals surface area contributed by atoms with Crippen molar-refractivity contribution in [3.05, 3.63) is 51.7 Å². The van der Waals surface area contributed by atoms with E-state index in [2.05, 4.69) is 0 Å². The Labute approximate surface area is 162 Å². The van der Waals surface area contributed by atoms with Crippen molar-refractivity contribution in [2.75, 3.05) is 31.1 Å². The first kappa shape index (κ1) is 18.0. The van der Waals surface area contributed by atoms with Crippen LogP contribution in [0.3, 0.4) is 0 Å². The fourth-order valence-corrected chi connectivity index (χ4v) is 6.57. The van der Waals surface area contributed by atoms with Gasteiger partial charge >= 0.3 is 0 Å². The molecule has 2 aliphatic heterocycles. The molecule has 0 saturated carbocycles. The highest BCUT2D eigenvalue weighted by atomic mass is 32.2. The van der Waals surface area contributed by atoms with E-state index in [-0.39, 0.29) is 10.8 Å². The summed E-state index contributed by atoms with van der Waals surface area (Å²) in [5.41, 5.74) is 1.54. The molecule has 138 valence electrons. The van der Waals surface area contributed by atoms with Crippen molar-refractivity contribution in [2.24, 2.45) is 0 Å². The van der Waals surface area contributed by atoms with E-state index in [1.54, 1.807) is 34.4 Å². The summed E-state index contributed by atoms with van der Waals surface area (Å²) in [6.45, 7) is 2.32. The Balaban J connectivity index is 1.58. The van der Waals surface area contributed by atoms with Gasteiger partial charge < -0.3 is 4.90 Å². The standard InChI is InChI=1S/C18H20N2O3S3/c21-18(19-7-10-24-11-8-19)14-2-1-3-16(12-14)26(22,23)20-6-4-17-15(13-20)5-9-25-17/h1-3,5,9,12H,4,6-8,10-11,13H2. The van der Waals surface area contributed by atoms with Crippen LogP contribution in [0.1, 0.15) is 20.8 Å². The molecule has 0 aliphatic carbocycles. The molecule has 1 aromatic carbocycles. The second-order valence-electron chi connectivity index (χ2n) is 6.39. The first-order valence-corrected chi connectivity index (χ1v) is 12.1. The third-order valence-corrected chi connectivity index (χ3v) is 8.60. The largest absolute Gasteiger partial charge is 0.337 e. The Morgan fingerprint density at radius 1 is 1.08 bits per heavy atom. The van der Waals surface area contributed by atoms with Crippen molar-refractivity contribution >= 4 is 39.0 Å². The molecule has 1 amide bonds. The molecule has 2 aliphatic rings. The number of carbonyl (C=O) groups is 1. The Kier molecular flexibility index (Phi) is 5.09. The lowest BCUT2D eigenvalue weighted by Crippen LogP contribution is -2.38. The summed E-state index contributed by atoms with van der Waals surface area (Å²) in [5, 5.41) is 2.01. The minimum Gasteiger partial charge on any atom is -0.337 e. The summed E-state index contributed by atoms with van der Waals surface area (Å²) in [5.74, 6) is 1.78. The normalized spacial score (nSPS) is 18.5. The molecule has 0 unspecified atom stereocenters. The number of amides is 1. The highest BCUT2D eigenvalue weighted by molar-refractivity contribution is 7.99. The molecule has 0 radical (unpaired) electrons. The zero-order valence-corrected chi connectivity index (χ0v) is 16.7. The highest BCUT2D eigenvalue weighted by Gasteiger charge is 2.29. The maximum absolute atomic E-state index is 13.1. The average molecular weight is 409 g/mol. The van der Waals surface area contributed by atoms with Crippen LogP contribution in [0.5, 0.6) is 0 Å². The molecule has 1 saturated heterocycles. The molecule has 3 heterocycles. The van der Waals surface area contributed by atoms with Crippen LogP contribution in [-0.2, 0) is 23.0 Å². The predicted molar refractivity (Wildman–Crippen MR) is 105 cm³/mol. The van der Waals surface area contributed by atoms with Crippen molar-refractivity contribution < 1.29 is 13.2 Å². The number of nitrogens with zero attached hydrogens (tertiary/aromatic N) is 2. The first-order valence-electron chi connectivity index (χ1n) is 8.58. The molecule has 8 heteroatoms. The fourth-order valence-electron chi connectivity index (χ4n) is 3.32. The summed E-state index contributed by atoms with van der Waals surface area (Å²) in [6, 6.07) is 8.48. The maximum atomic E-state index is 13.1. The van der Waals surface area contributed by atoms with Crippen LogP contribution in [0.15, 0.2) is 40.6 Å². The van der Waals surface area contributed by atoms with Gasteiger partial charge in [0.15, 0.2) is 0 Å². The molecule has 1 aromatic heterocycles. The van der Waals surface area contributed by atoms with E-state index in [9.17, 15) is 13.2 Å². The monoisotopic (exact) mass is 408 g/mol. The molecule has 0 atom stereocenters. The second kappa shape index (κ2) is 7.34. The average Bonchev–Trinajstić information content (AvgIpc) is 3.16. The van der Waals surface area contributed by atoms with E-state index in [0.717, 1.165) is 23.5 Å². The van der Waals surface area contributed by atoms with Crippen LogP contribution in [0, 0.1) is 0 Å². The minimum atomic E-state index is -3.61. The predicted octanol–water partition coefficient (Wildman–Crippen LogP) is 2.68. The number of hydrogen-bond donors (Lipinski definition) is 0. The topological polar surface area (TPSA) is 57.7 Å². The van der Waals surface area contributed by atoms with Gasteiger partial charge in [-0.05, 0) is 41.6 Å². The number of carbonyl (C=O) groups excluding carboxylic acids is 1. The zero-order valence-electron chi connectivity index (χ0n) is 14.3. The van der Waals surface area contributed by atoms with E-state index in [1.165, 1.54) is 15.2 Å². The molecule has 5 nitrogen and oxygen atoms in total. The van der Waals surface area contributed by atoms with Gasteiger partial charge in [-0.1, -0.05) is 6.07 Å². The van der Waals surface area contributed by atoms with E-state index < -0.39 is 10.0 Å². The zero-order chi connectivity index (χ0) is 18.1. The Hall–Kier alpha value is -1.35. The van der Waals surface area contributed by atoms with Crippen LogP contribution >= 0.6 is 23.1 Å². The van der Waals surface area contributed by atoms with E-state index >= 15 is 0 Å². The van der Waals surface area contributed by atoms with E-state index in [1.807, 2.05) is 23.2 Å². The summed E-state index contributed by atoms with van der Waals surface area (Å²) in [7, 11) is -3.61. The molecular weight excluding hydrogens is 388 g/mol. The molecule has 0 bridgehead atoms. The number of hydrogen-bond acceptors (Lipinski definition) is 5. The summed E-state index contributed by atoms with van der Waals surface area (Å²) in [6.07, 6.45) is 0.746. The Morgan fingerprint density at radius 2 is 1.88 bits per heavy atom. The number of rotatable bonds is 3.